The van der Waals surface area contributed by atoms with E-state index in [4.69, 9.17) is 4.74 Å². The van der Waals surface area contributed by atoms with Crippen molar-refractivity contribution in [2.24, 2.45) is 5.92 Å². The first-order chi connectivity index (χ1) is 13.3. The summed E-state index contributed by atoms with van der Waals surface area (Å²) in [4.78, 5) is 41.1. The molecule has 152 valence electrons. The molecule has 1 aromatic carbocycles. The van der Waals surface area contributed by atoms with Crippen LogP contribution >= 0.6 is 0 Å². The second-order valence-corrected chi connectivity index (χ2v) is 7.86. The maximum atomic E-state index is 13.1. The third-order valence-electron chi connectivity index (χ3n) is 6.36. The van der Waals surface area contributed by atoms with Crippen LogP contribution in [0.15, 0.2) is 24.3 Å². The van der Waals surface area contributed by atoms with Crippen LogP contribution in [0.5, 0.6) is 5.75 Å². The number of ether oxygens (including phenoxy) is 1. The van der Waals surface area contributed by atoms with Gasteiger partial charge in [0.05, 0.1) is 13.2 Å². The third-order valence-corrected chi connectivity index (χ3v) is 6.36. The Bertz CT molecular complexity index is 781. The molecule has 1 N–H and O–H groups in total. The van der Waals surface area contributed by atoms with Gasteiger partial charge in [0, 0.05) is 12.6 Å². The van der Waals surface area contributed by atoms with E-state index < -0.39 is 11.6 Å². The Morgan fingerprint density at radius 3 is 2.75 bits per heavy atom. The summed E-state index contributed by atoms with van der Waals surface area (Å²) in [5.41, 5.74) is 0.0260. The number of rotatable bonds is 5. The largest absolute Gasteiger partial charge is 0.496 e. The fourth-order valence-corrected chi connectivity index (χ4v) is 4.32. The molecule has 2 fully saturated rings. The molecule has 0 radical (unpaired) electrons. The van der Waals surface area contributed by atoms with E-state index in [9.17, 15) is 14.4 Å². The van der Waals surface area contributed by atoms with Crippen LogP contribution in [0.1, 0.15) is 51.1 Å². The second kappa shape index (κ2) is 7.81. The number of nitrogens with one attached hydrogen (secondary N) is 1. The lowest BCUT2D eigenvalue weighted by Crippen LogP contribution is -2.54. The topological polar surface area (TPSA) is 79.0 Å². The fraction of sp³-hybridized carbons (Fsp3) is 0.571. The van der Waals surface area contributed by atoms with Crippen LogP contribution in [0.3, 0.4) is 0 Å². The molecule has 1 aromatic rings. The van der Waals surface area contributed by atoms with Crippen LogP contribution in [0.2, 0.25) is 0 Å². The molecular weight excluding hydrogens is 358 g/mol. The van der Waals surface area contributed by atoms with Gasteiger partial charge in [-0.1, -0.05) is 38.0 Å². The quantitative estimate of drug-likeness (QED) is 0.788. The van der Waals surface area contributed by atoms with Crippen LogP contribution in [0, 0.1) is 5.92 Å². The van der Waals surface area contributed by atoms with Gasteiger partial charge in [-0.05, 0) is 31.7 Å². The average molecular weight is 387 g/mol. The van der Waals surface area contributed by atoms with Crippen LogP contribution in [-0.2, 0) is 9.59 Å². The highest BCUT2D eigenvalue weighted by Crippen LogP contribution is 2.38. The Morgan fingerprint density at radius 2 is 2.07 bits per heavy atom. The number of hydrogen-bond acceptors (Lipinski definition) is 4. The molecule has 0 aromatic heterocycles. The summed E-state index contributed by atoms with van der Waals surface area (Å²) in [6.07, 6.45) is 3.50. The van der Waals surface area contributed by atoms with Crippen molar-refractivity contribution in [1.82, 2.24) is 15.1 Å². The van der Waals surface area contributed by atoms with Gasteiger partial charge in [-0.2, -0.15) is 0 Å². The van der Waals surface area contributed by atoms with E-state index in [0.29, 0.717) is 12.2 Å². The maximum absolute atomic E-state index is 13.1. The van der Waals surface area contributed by atoms with Crippen molar-refractivity contribution in [3.8, 4) is 5.75 Å². The molecule has 3 unspecified atom stereocenters. The average Bonchev–Trinajstić information content (AvgIpc) is 2.93. The van der Waals surface area contributed by atoms with Crippen molar-refractivity contribution in [1.29, 1.82) is 0 Å². The molecule has 3 rings (SSSR count). The van der Waals surface area contributed by atoms with Gasteiger partial charge in [0.25, 0.3) is 5.91 Å². The molecule has 4 amide bonds. The van der Waals surface area contributed by atoms with Crippen LogP contribution in [0.25, 0.3) is 0 Å². The zero-order valence-electron chi connectivity index (χ0n) is 17.0. The van der Waals surface area contributed by atoms with E-state index in [-0.39, 0.29) is 30.3 Å². The molecule has 1 spiro atoms. The number of carbonyl (C=O) groups excluding carboxylic acids is 3. The van der Waals surface area contributed by atoms with E-state index in [1.165, 1.54) is 0 Å². The van der Waals surface area contributed by atoms with Gasteiger partial charge in [0.2, 0.25) is 5.91 Å². The van der Waals surface area contributed by atoms with Crippen LogP contribution < -0.4 is 10.1 Å². The van der Waals surface area contributed by atoms with Crippen molar-refractivity contribution in [3.05, 3.63) is 29.8 Å². The molecule has 2 aliphatic rings. The first kappa shape index (κ1) is 20.2. The lowest BCUT2D eigenvalue weighted by atomic mass is 9.73. The Morgan fingerprint density at radius 1 is 1.36 bits per heavy atom. The monoisotopic (exact) mass is 387 g/mol. The molecule has 1 saturated heterocycles. The molecule has 0 bridgehead atoms. The first-order valence-electron chi connectivity index (χ1n) is 9.84. The van der Waals surface area contributed by atoms with Gasteiger partial charge >= 0.3 is 6.03 Å². The van der Waals surface area contributed by atoms with Gasteiger partial charge in [0.1, 0.15) is 17.8 Å². The number of nitrogens with zero attached hydrogens (tertiary/aromatic N) is 2. The van der Waals surface area contributed by atoms with Crippen molar-refractivity contribution in [2.45, 2.75) is 51.1 Å². The number of benzene rings is 1. The van der Waals surface area contributed by atoms with E-state index >= 15 is 0 Å². The number of likely N-dealkylation sites (N-methyl/N-ethyl adjacent to an activating group) is 1. The number of para-hydroxylation sites is 1. The zero-order valence-corrected chi connectivity index (χ0v) is 17.0. The molecule has 28 heavy (non-hydrogen) atoms. The van der Waals surface area contributed by atoms with Crippen molar-refractivity contribution in [2.75, 3.05) is 20.7 Å². The fourth-order valence-electron chi connectivity index (χ4n) is 4.32. The van der Waals surface area contributed by atoms with Gasteiger partial charge in [-0.15, -0.1) is 0 Å². The minimum absolute atomic E-state index is 0.0723. The molecule has 1 heterocycles. The number of urea groups is 1. The van der Waals surface area contributed by atoms with Crippen LogP contribution in [0.4, 0.5) is 4.79 Å². The van der Waals surface area contributed by atoms with E-state index in [2.05, 4.69) is 5.32 Å². The minimum atomic E-state index is -0.845. The number of methoxy groups -OCH3 is 1. The van der Waals surface area contributed by atoms with E-state index in [1.807, 2.05) is 38.1 Å². The second-order valence-electron chi connectivity index (χ2n) is 7.86. The van der Waals surface area contributed by atoms with Gasteiger partial charge in [-0.25, -0.2) is 4.79 Å². The Balaban J connectivity index is 1.73. The SMILES string of the molecule is COc1ccccc1C(C)N(C)C(=O)CN1C(=O)NC2(CCCCC2C)C1=O. The maximum Gasteiger partial charge on any atom is 0.325 e. The molecule has 1 aliphatic heterocycles. The predicted octanol–water partition coefficient (Wildman–Crippen LogP) is 2.72. The van der Waals surface area contributed by atoms with Crippen LogP contribution in [-0.4, -0.2) is 53.9 Å². The lowest BCUT2D eigenvalue weighted by molar-refractivity contribution is -0.140. The standard InChI is InChI=1S/C21H29N3O4/c1-14-9-7-8-12-21(14)19(26)24(20(27)22-21)13-18(25)23(3)15(2)16-10-5-6-11-17(16)28-4/h5-6,10-11,14-15H,7-9,12-13H2,1-4H3,(H,22,27). The van der Waals surface area contributed by atoms with Gasteiger partial charge < -0.3 is 15.0 Å². The molecule has 7 heteroatoms. The molecule has 1 aliphatic carbocycles. The summed E-state index contributed by atoms with van der Waals surface area (Å²) in [5, 5.41) is 2.89. The molecule has 3 atom stereocenters. The summed E-state index contributed by atoms with van der Waals surface area (Å²) in [7, 11) is 3.27. The molecule has 7 nitrogen and oxygen atoms in total. The Kier molecular flexibility index (Phi) is 5.63. The predicted molar refractivity (Wildman–Crippen MR) is 105 cm³/mol. The Hall–Kier alpha value is -2.57. The molecular formula is C21H29N3O4. The minimum Gasteiger partial charge on any atom is -0.496 e. The Labute approximate surface area is 166 Å². The summed E-state index contributed by atoms with van der Waals surface area (Å²) in [6, 6.07) is 6.78. The van der Waals surface area contributed by atoms with Gasteiger partial charge in [-0.3, -0.25) is 14.5 Å². The zero-order chi connectivity index (χ0) is 20.5. The normalized spacial score (nSPS) is 25.6. The summed E-state index contributed by atoms with van der Waals surface area (Å²) < 4.78 is 5.38. The summed E-state index contributed by atoms with van der Waals surface area (Å²) in [5.74, 6) is 0.210. The number of imide groups is 1. The number of hydrogen-bond donors (Lipinski definition) is 1. The van der Waals surface area contributed by atoms with Crippen molar-refractivity contribution in [3.63, 3.8) is 0 Å². The smallest absolute Gasteiger partial charge is 0.325 e. The number of amides is 4. The van der Waals surface area contributed by atoms with Crippen molar-refractivity contribution < 1.29 is 19.1 Å². The highest BCUT2D eigenvalue weighted by molar-refractivity contribution is 6.09. The summed E-state index contributed by atoms with van der Waals surface area (Å²) >= 11 is 0. The highest BCUT2D eigenvalue weighted by Gasteiger charge is 2.55. The molecule has 1 saturated carbocycles. The lowest BCUT2D eigenvalue weighted by Gasteiger charge is -2.37. The highest BCUT2D eigenvalue weighted by atomic mass is 16.5. The van der Waals surface area contributed by atoms with E-state index in [1.54, 1.807) is 19.1 Å². The van der Waals surface area contributed by atoms with E-state index in [0.717, 1.165) is 29.7 Å². The first-order valence-corrected chi connectivity index (χ1v) is 9.84. The number of carbonyl (C=O) groups is 3. The summed E-state index contributed by atoms with van der Waals surface area (Å²) in [6.45, 7) is 3.64. The van der Waals surface area contributed by atoms with Crippen molar-refractivity contribution >= 4 is 17.8 Å². The third kappa shape index (κ3) is 3.34. The van der Waals surface area contributed by atoms with Gasteiger partial charge in [0.15, 0.2) is 0 Å².